The van der Waals surface area contributed by atoms with Gasteiger partial charge in [0.15, 0.2) is 0 Å². The lowest BCUT2D eigenvalue weighted by molar-refractivity contribution is -0.125. The quantitative estimate of drug-likeness (QED) is 0.255. The molecule has 0 aliphatic rings. The second-order valence-corrected chi connectivity index (χ2v) is 6.59. The predicted molar refractivity (Wildman–Crippen MR) is 125 cm³/mol. The molecule has 0 aliphatic carbocycles. The Morgan fingerprint density at radius 2 is 1.29 bits per heavy atom. The number of carbonyl (C=O) groups excluding carboxylic acids is 1. The Hall–Kier alpha value is -0.840. The number of nitrogens with two attached hydrogens (primary N) is 1. The van der Waals surface area contributed by atoms with Crippen LogP contribution in [0.4, 0.5) is 4.39 Å². The molecule has 8 nitrogen and oxygen atoms in total. The van der Waals surface area contributed by atoms with Crippen LogP contribution in [0, 0.1) is 5.92 Å². The average Bonchev–Trinajstić information content (AvgIpc) is 2.79. The molecule has 2 unspecified atom stereocenters. The van der Waals surface area contributed by atoms with Crippen LogP contribution in [0.25, 0.3) is 0 Å². The van der Waals surface area contributed by atoms with Crippen molar-refractivity contribution in [2.75, 3.05) is 72.6 Å². The van der Waals surface area contributed by atoms with Gasteiger partial charge in [-0.2, -0.15) is 0 Å². The molecule has 9 heteroatoms. The fourth-order valence-electron chi connectivity index (χ4n) is 2.41. The van der Waals surface area contributed by atoms with E-state index in [4.69, 9.17) is 29.4 Å². The van der Waals surface area contributed by atoms with Crippen molar-refractivity contribution in [1.82, 2.24) is 5.32 Å². The summed E-state index contributed by atoms with van der Waals surface area (Å²) in [4.78, 5) is 11.9. The zero-order valence-electron chi connectivity index (χ0n) is 20.3. The molecule has 0 radical (unpaired) electrons. The number of hydrogen-bond acceptors (Lipinski definition) is 7. The van der Waals surface area contributed by atoms with E-state index in [0.29, 0.717) is 59.4 Å². The van der Waals surface area contributed by atoms with Gasteiger partial charge in [0, 0.05) is 15.3 Å². The third-order valence-electron chi connectivity index (χ3n) is 4.32. The topological polar surface area (TPSA) is 101 Å². The second kappa shape index (κ2) is 25.4. The van der Waals surface area contributed by atoms with Gasteiger partial charge in [0.2, 0.25) is 5.91 Å². The first-order valence-corrected chi connectivity index (χ1v) is 11.6. The van der Waals surface area contributed by atoms with E-state index in [1.807, 2.05) is 27.7 Å². The van der Waals surface area contributed by atoms with Gasteiger partial charge in [0.1, 0.15) is 6.17 Å². The second-order valence-electron chi connectivity index (χ2n) is 6.59. The molecule has 0 fully saturated rings. The monoisotopic (exact) mass is 458 g/mol. The largest absolute Gasteiger partial charge is 0.378 e. The van der Waals surface area contributed by atoms with E-state index in [0.717, 1.165) is 12.8 Å². The zero-order valence-corrected chi connectivity index (χ0v) is 20.3. The van der Waals surface area contributed by atoms with Crippen molar-refractivity contribution in [3.05, 3.63) is 0 Å². The zero-order chi connectivity index (χ0) is 23.7. The van der Waals surface area contributed by atoms with Crippen molar-refractivity contribution in [3.63, 3.8) is 0 Å². The van der Waals surface area contributed by atoms with Gasteiger partial charge in [0.05, 0.1) is 72.1 Å². The fraction of sp³-hybridized carbons (Fsp3) is 0.955. The summed E-state index contributed by atoms with van der Waals surface area (Å²) in [6.07, 6.45) is -0.354. The van der Waals surface area contributed by atoms with E-state index >= 15 is 0 Å². The molecule has 3 N–H and O–H groups in total. The van der Waals surface area contributed by atoms with Crippen LogP contribution in [-0.2, 0) is 28.5 Å². The number of hydrogen-bond donors (Lipinski definition) is 2. The maximum absolute atomic E-state index is 14.1. The van der Waals surface area contributed by atoms with Crippen molar-refractivity contribution >= 4 is 5.91 Å². The Kier molecular flexibility index (Phi) is 26.5. The number of carbonyl (C=O) groups is 1. The van der Waals surface area contributed by atoms with Crippen LogP contribution in [0.3, 0.4) is 0 Å². The summed E-state index contributed by atoms with van der Waals surface area (Å²) < 4.78 is 40.7. The van der Waals surface area contributed by atoms with E-state index in [-0.39, 0.29) is 27.8 Å². The molecule has 0 heterocycles. The first kappa shape index (κ1) is 32.3. The average molecular weight is 459 g/mol. The lowest BCUT2D eigenvalue weighted by atomic mass is 10.0. The predicted octanol–water partition coefficient (Wildman–Crippen LogP) is 2.83. The summed E-state index contributed by atoms with van der Waals surface area (Å²) in [5, 5.41) is 2.65. The normalized spacial score (nSPS) is 12.9. The molecule has 0 aromatic rings. The van der Waals surface area contributed by atoms with Crippen molar-refractivity contribution in [2.24, 2.45) is 11.7 Å². The highest BCUT2D eigenvalue weighted by Crippen LogP contribution is 2.08. The molecule has 0 saturated carbocycles. The van der Waals surface area contributed by atoms with Crippen LogP contribution >= 0.6 is 0 Å². The SMILES string of the molecule is CC.CCC(CC)C(=O)NCC(F)C(C)OCCOCCOCCOCCOCCN.[HH].[HH]. The lowest BCUT2D eigenvalue weighted by Crippen LogP contribution is -2.39. The van der Waals surface area contributed by atoms with Crippen LogP contribution in [0.15, 0.2) is 0 Å². The first-order valence-electron chi connectivity index (χ1n) is 11.6. The molecule has 1 amide bonds. The van der Waals surface area contributed by atoms with Gasteiger partial charge in [-0.3, -0.25) is 4.79 Å². The highest BCUT2D eigenvalue weighted by Gasteiger charge is 2.20. The number of alkyl halides is 1. The number of rotatable bonds is 21. The highest BCUT2D eigenvalue weighted by molar-refractivity contribution is 5.78. The van der Waals surface area contributed by atoms with Crippen molar-refractivity contribution < 1.29 is 35.7 Å². The smallest absolute Gasteiger partial charge is 0.223 e. The van der Waals surface area contributed by atoms with E-state index in [1.54, 1.807) is 6.92 Å². The van der Waals surface area contributed by atoms with Gasteiger partial charge in [-0.15, -0.1) is 0 Å². The van der Waals surface area contributed by atoms with Crippen molar-refractivity contribution in [2.45, 2.75) is 59.7 Å². The maximum atomic E-state index is 14.1. The third-order valence-corrected chi connectivity index (χ3v) is 4.32. The Balaban J connectivity index is -0.00000102. The van der Waals surface area contributed by atoms with Gasteiger partial charge in [-0.1, -0.05) is 27.7 Å². The molecular formula is C22H51FN2O6. The molecule has 0 saturated heterocycles. The summed E-state index contributed by atoms with van der Waals surface area (Å²) in [5.41, 5.74) is 5.30. The molecule has 2 atom stereocenters. The molecular weight excluding hydrogens is 407 g/mol. The number of amides is 1. The van der Waals surface area contributed by atoms with Crippen molar-refractivity contribution in [3.8, 4) is 0 Å². The highest BCUT2D eigenvalue weighted by atomic mass is 19.1. The number of nitrogens with one attached hydrogen (secondary N) is 1. The van der Waals surface area contributed by atoms with Crippen LogP contribution in [0.1, 0.15) is 50.3 Å². The van der Waals surface area contributed by atoms with Gasteiger partial charge in [0.25, 0.3) is 0 Å². The molecule has 192 valence electrons. The molecule has 0 aromatic heterocycles. The van der Waals surface area contributed by atoms with Crippen LogP contribution in [-0.4, -0.2) is 90.7 Å². The minimum absolute atomic E-state index is 0. The molecule has 31 heavy (non-hydrogen) atoms. The summed E-state index contributed by atoms with van der Waals surface area (Å²) in [5.74, 6) is -0.158. The fourth-order valence-corrected chi connectivity index (χ4v) is 2.41. The van der Waals surface area contributed by atoms with Gasteiger partial charge in [-0.25, -0.2) is 4.39 Å². The number of halogens is 1. The Bertz CT molecular complexity index is 387. The Morgan fingerprint density at radius 1 is 0.871 bits per heavy atom. The van der Waals surface area contributed by atoms with Gasteiger partial charge >= 0.3 is 0 Å². The summed E-state index contributed by atoms with van der Waals surface area (Å²) >= 11 is 0. The van der Waals surface area contributed by atoms with Crippen LogP contribution in [0.5, 0.6) is 0 Å². The van der Waals surface area contributed by atoms with Gasteiger partial charge in [-0.05, 0) is 19.8 Å². The molecule has 0 aliphatic heterocycles. The summed E-state index contributed by atoms with van der Waals surface area (Å²) in [6.45, 7) is 14.1. The molecule has 0 spiro atoms. The summed E-state index contributed by atoms with van der Waals surface area (Å²) in [7, 11) is 0. The van der Waals surface area contributed by atoms with E-state index in [9.17, 15) is 9.18 Å². The van der Waals surface area contributed by atoms with Crippen LogP contribution in [0.2, 0.25) is 0 Å². The minimum Gasteiger partial charge on any atom is -0.378 e. The van der Waals surface area contributed by atoms with Gasteiger partial charge < -0.3 is 34.7 Å². The Morgan fingerprint density at radius 3 is 1.71 bits per heavy atom. The Labute approximate surface area is 191 Å². The first-order chi connectivity index (χ1) is 15.1. The molecule has 0 rings (SSSR count). The van der Waals surface area contributed by atoms with E-state index in [1.165, 1.54) is 0 Å². The lowest BCUT2D eigenvalue weighted by Gasteiger charge is -2.19. The van der Waals surface area contributed by atoms with E-state index in [2.05, 4.69) is 5.32 Å². The maximum Gasteiger partial charge on any atom is 0.223 e. The molecule has 0 bridgehead atoms. The van der Waals surface area contributed by atoms with Crippen molar-refractivity contribution in [1.29, 1.82) is 0 Å². The summed E-state index contributed by atoms with van der Waals surface area (Å²) in [6, 6.07) is 0. The molecule has 0 aromatic carbocycles. The minimum atomic E-state index is -1.25. The van der Waals surface area contributed by atoms with Crippen LogP contribution < -0.4 is 11.1 Å². The number of ether oxygens (including phenoxy) is 5. The third kappa shape index (κ3) is 20.8. The van der Waals surface area contributed by atoms with E-state index < -0.39 is 12.3 Å². The standard InChI is InChI=1S/C20H41FN2O6.C2H6.2H2/c1-4-18(5-2)20(24)23-16-19(21)17(3)29-15-14-28-13-12-27-11-10-26-9-8-25-7-6-22;1-2;;/h17-19H,4-16,22H2,1-3H3,(H,23,24);1-2H3;2*1H.